The molecule has 0 atom stereocenters. The van der Waals surface area contributed by atoms with Crippen LogP contribution in [0, 0.1) is 0 Å². The first-order chi connectivity index (χ1) is 43.8. The quantitative estimate of drug-likeness (QED) is 0.101. The summed E-state index contributed by atoms with van der Waals surface area (Å²) < 4.78 is 216. The molecule has 69 heavy (non-hydrogen) atoms. The maximum atomic E-state index is 10.2. The Morgan fingerprint density at radius 2 is 0.696 bits per heavy atom. The maximum Gasteiger partial charge on any atom is 0.179 e. The molecule has 0 amide bonds. The third kappa shape index (κ3) is 6.78. The Kier molecular flexibility index (Phi) is 5.69. The van der Waals surface area contributed by atoms with Gasteiger partial charge in [0.25, 0.3) is 0 Å². The minimum Gasteiger partial charge on any atom is -0.309 e. The SMILES string of the molecule is [2H]c1c([2H])c([2H])c(-c2cccc(-n3c4c([2H])c([2H])c([2H])c([2H])c4c4c([2H])c(-c5c([2H])c([2H])c([2H])c(-c6c([2H])c([2H])c7c(c6[2H])c6c([2H])c([2H])c([2H])c([2H])c6n7-c6cccc([Si](c7ccccc7)(c7ccccc7)c7ccccc7)c6)c5[2H])c([2H])c([2H])c43)c2)c([2H])c1[2H]. The van der Waals surface area contributed by atoms with Crippen molar-refractivity contribution in [1.82, 2.24) is 9.13 Å². The third-order valence-corrected chi connectivity index (χ3v) is 17.3. The molecule has 324 valence electrons. The van der Waals surface area contributed by atoms with E-state index in [9.17, 15) is 19.2 Å². The molecule has 0 bridgehead atoms. The van der Waals surface area contributed by atoms with Gasteiger partial charge in [-0.15, -0.1) is 0 Å². The van der Waals surface area contributed by atoms with Crippen molar-refractivity contribution in [1.29, 1.82) is 0 Å². The lowest BCUT2D eigenvalue weighted by Gasteiger charge is -2.34. The van der Waals surface area contributed by atoms with Crippen molar-refractivity contribution < 1.29 is 31.5 Å². The van der Waals surface area contributed by atoms with Crippen molar-refractivity contribution in [2.45, 2.75) is 0 Å². The fourth-order valence-corrected chi connectivity index (χ4v) is 14.3. The highest BCUT2D eigenvalue weighted by Crippen LogP contribution is 2.39. The molecule has 13 rings (SSSR count). The Morgan fingerprint density at radius 1 is 0.275 bits per heavy atom. The number of nitrogens with zero attached hydrogens (tertiary/aromatic N) is 2. The molecule has 0 aliphatic rings. The number of benzene rings is 11. The summed E-state index contributed by atoms with van der Waals surface area (Å²) in [6.07, 6.45) is 0. The fraction of sp³-hybridized carbons (Fsp3) is 0. The van der Waals surface area contributed by atoms with Crippen LogP contribution in [0.25, 0.3) is 88.4 Å². The molecular weight excluding hydrogens is 849 g/mol. The average Bonchev–Trinajstić information content (AvgIpc) is 1.51. The van der Waals surface area contributed by atoms with Gasteiger partial charge in [0.1, 0.15) is 0 Å². The first-order valence-electron chi connectivity index (χ1n) is 33.5. The van der Waals surface area contributed by atoms with Gasteiger partial charge in [0.05, 0.1) is 53.6 Å². The number of aromatic nitrogens is 2. The Labute approximate surface area is 435 Å². The number of fused-ring (bicyclic) bond motifs is 6. The summed E-state index contributed by atoms with van der Waals surface area (Å²) in [6, 6.07) is 26.2. The second kappa shape index (κ2) is 16.8. The van der Waals surface area contributed by atoms with Crippen molar-refractivity contribution in [2.75, 3.05) is 0 Å². The zero-order valence-electron chi connectivity index (χ0n) is 59.2. The van der Waals surface area contributed by atoms with Crippen LogP contribution in [0.2, 0.25) is 0 Å². The highest BCUT2D eigenvalue weighted by Gasteiger charge is 2.41. The van der Waals surface area contributed by atoms with Crippen molar-refractivity contribution in [3.8, 4) is 44.8 Å². The van der Waals surface area contributed by atoms with Crippen molar-refractivity contribution >= 4 is 72.4 Å². The Hall–Kier alpha value is -8.76. The summed E-state index contributed by atoms with van der Waals surface area (Å²) in [5, 5.41) is 2.54. The Bertz CT molecular complexity index is 5260. The molecular formula is C66H46N2Si. The van der Waals surface area contributed by atoms with Gasteiger partial charge in [-0.1, -0.05) is 212 Å². The molecule has 0 aliphatic carbocycles. The first kappa shape index (κ1) is 23.3. The van der Waals surface area contributed by atoms with E-state index in [4.69, 9.17) is 12.3 Å². The number of para-hydroxylation sites is 2. The molecule has 13 aromatic rings. The van der Waals surface area contributed by atoms with Gasteiger partial charge in [0, 0.05) is 32.9 Å². The lowest BCUT2D eigenvalue weighted by atomic mass is 9.97. The van der Waals surface area contributed by atoms with Crippen molar-refractivity contribution in [2.24, 2.45) is 0 Å². The van der Waals surface area contributed by atoms with Gasteiger partial charge in [0.2, 0.25) is 0 Å². The topological polar surface area (TPSA) is 9.86 Å². The predicted octanol–water partition coefficient (Wildman–Crippen LogP) is 14.3. The predicted molar refractivity (Wildman–Crippen MR) is 295 cm³/mol. The molecule has 2 aromatic heterocycles. The van der Waals surface area contributed by atoms with Crippen LogP contribution in [0.4, 0.5) is 0 Å². The molecule has 0 unspecified atom stereocenters. The molecule has 2 heterocycles. The standard InChI is InChI=1S/C66H46N2Si/c1-5-20-47(21-6-1)50-24-18-25-53(43-50)67-63-36-15-13-34-59(63)61-44-51(38-40-65(61)67)48-22-17-23-49(42-48)52-39-41-66-62(45-52)60-35-14-16-37-64(60)68(66)54-26-19-33-58(46-54)69(55-27-7-2-8-28-55,56-29-9-3-10-30-56)57-31-11-4-12-32-57/h1-46H/i1D,5D,6D,13D,14D,15D,16D,17D,20D,21D,22D,23D,34D,35D,36D,37D,38D,39D,40D,41D,42D,44D,45D. The lowest BCUT2D eigenvalue weighted by Crippen LogP contribution is -2.74. The van der Waals surface area contributed by atoms with Crippen LogP contribution in [0.3, 0.4) is 0 Å². The number of rotatable bonds is 9. The first-order valence-corrected chi connectivity index (χ1v) is 24.0. The van der Waals surface area contributed by atoms with E-state index in [0.717, 1.165) is 20.7 Å². The van der Waals surface area contributed by atoms with Crippen molar-refractivity contribution in [3.05, 3.63) is 279 Å². The van der Waals surface area contributed by atoms with Crippen LogP contribution in [0.15, 0.2) is 279 Å². The Morgan fingerprint density at radius 3 is 1.23 bits per heavy atom. The number of hydrogen-bond donors (Lipinski definition) is 0. The molecule has 0 N–H and O–H groups in total. The summed E-state index contributed by atoms with van der Waals surface area (Å²) in [6.45, 7) is 0. The van der Waals surface area contributed by atoms with Crippen LogP contribution in [-0.4, -0.2) is 17.2 Å². The number of hydrogen-bond acceptors (Lipinski definition) is 0. The fourth-order valence-electron chi connectivity index (χ4n) is 9.53. The monoisotopic (exact) mass is 917 g/mol. The van der Waals surface area contributed by atoms with Crippen LogP contribution in [-0.2, 0) is 0 Å². The van der Waals surface area contributed by atoms with Crippen LogP contribution in [0.1, 0.15) is 31.5 Å². The zero-order chi connectivity index (χ0) is 65.7. The Balaban J connectivity index is 1.09. The van der Waals surface area contributed by atoms with E-state index in [2.05, 4.69) is 36.4 Å². The molecule has 3 heteroatoms. The van der Waals surface area contributed by atoms with E-state index < -0.39 is 175 Å². The van der Waals surface area contributed by atoms with E-state index in [1.807, 2.05) is 66.7 Å². The molecule has 0 saturated carbocycles. The van der Waals surface area contributed by atoms with Gasteiger partial charge < -0.3 is 9.13 Å². The van der Waals surface area contributed by atoms with Gasteiger partial charge >= 0.3 is 0 Å². The molecule has 11 aromatic carbocycles. The lowest BCUT2D eigenvalue weighted by molar-refractivity contribution is 1.18. The summed E-state index contributed by atoms with van der Waals surface area (Å²) in [4.78, 5) is 0. The van der Waals surface area contributed by atoms with E-state index >= 15 is 0 Å². The summed E-state index contributed by atoms with van der Waals surface area (Å²) >= 11 is 0. The average molecular weight is 918 g/mol. The summed E-state index contributed by atoms with van der Waals surface area (Å²) in [5.74, 6) is 0. The second-order valence-corrected chi connectivity index (χ2v) is 20.1. The molecule has 0 radical (unpaired) electrons. The summed E-state index contributed by atoms with van der Waals surface area (Å²) in [5.41, 5.74) is -3.68. The van der Waals surface area contributed by atoms with Gasteiger partial charge in [-0.05, 0) is 121 Å². The zero-order valence-corrected chi connectivity index (χ0v) is 37.2. The summed E-state index contributed by atoms with van der Waals surface area (Å²) in [7, 11) is -3.32. The minimum atomic E-state index is -3.32. The van der Waals surface area contributed by atoms with Crippen LogP contribution >= 0.6 is 0 Å². The van der Waals surface area contributed by atoms with Crippen molar-refractivity contribution in [3.63, 3.8) is 0 Å². The van der Waals surface area contributed by atoms with Gasteiger partial charge in [-0.2, -0.15) is 0 Å². The van der Waals surface area contributed by atoms with Crippen LogP contribution < -0.4 is 20.7 Å². The third-order valence-electron chi connectivity index (χ3n) is 12.5. The minimum absolute atomic E-state index is 0.00372. The van der Waals surface area contributed by atoms with E-state index in [0.29, 0.717) is 5.69 Å². The molecule has 0 saturated heterocycles. The smallest absolute Gasteiger partial charge is 0.179 e. The van der Waals surface area contributed by atoms with E-state index in [1.165, 1.54) is 33.4 Å². The van der Waals surface area contributed by atoms with E-state index in [1.54, 1.807) is 12.1 Å². The van der Waals surface area contributed by atoms with Gasteiger partial charge in [-0.25, -0.2) is 0 Å². The molecule has 0 aliphatic heterocycles. The largest absolute Gasteiger partial charge is 0.309 e. The highest BCUT2D eigenvalue weighted by atomic mass is 28.3. The molecule has 2 nitrogen and oxygen atoms in total. The van der Waals surface area contributed by atoms with E-state index in [-0.39, 0.29) is 55.0 Å². The molecule has 0 fully saturated rings. The second-order valence-electron chi connectivity index (χ2n) is 16.3. The maximum absolute atomic E-state index is 10.2. The van der Waals surface area contributed by atoms with Gasteiger partial charge in [-0.3, -0.25) is 0 Å². The van der Waals surface area contributed by atoms with Gasteiger partial charge in [0.15, 0.2) is 8.07 Å². The normalized spacial score (nSPS) is 16.4. The highest BCUT2D eigenvalue weighted by molar-refractivity contribution is 7.19. The van der Waals surface area contributed by atoms with Crippen LogP contribution in [0.5, 0.6) is 0 Å². The molecule has 0 spiro atoms.